The molecule has 2 aromatic carbocycles. The molecule has 96 valence electrons. The Bertz CT molecular complexity index is 651. The normalized spacial score (nSPS) is 10.8. The van der Waals surface area contributed by atoms with Crippen LogP contribution in [-0.2, 0) is 0 Å². The Balaban J connectivity index is 2.35. The zero-order valence-corrected chi connectivity index (χ0v) is 10.3. The van der Waals surface area contributed by atoms with Gasteiger partial charge in [0.1, 0.15) is 5.75 Å². The van der Waals surface area contributed by atoms with Gasteiger partial charge in [0, 0.05) is 23.9 Å². The van der Waals surface area contributed by atoms with Crippen LogP contribution in [0.5, 0.6) is 5.75 Å². The molecule has 0 heterocycles. The van der Waals surface area contributed by atoms with Gasteiger partial charge < -0.3 is 5.11 Å². The fourth-order valence-corrected chi connectivity index (χ4v) is 1.61. The van der Waals surface area contributed by atoms with Crippen molar-refractivity contribution in [2.75, 3.05) is 0 Å². The molecule has 0 aliphatic carbocycles. The minimum absolute atomic E-state index is 0.0389. The van der Waals surface area contributed by atoms with Crippen molar-refractivity contribution in [3.8, 4) is 5.75 Å². The highest BCUT2D eigenvalue weighted by Gasteiger charge is 2.08. The van der Waals surface area contributed by atoms with Gasteiger partial charge in [-0.15, -0.1) is 0 Å². The molecular weight excluding hydrogens is 244 g/mol. The number of aliphatic imine (C=N–C) groups is 1. The van der Waals surface area contributed by atoms with Crippen LogP contribution in [0.15, 0.2) is 47.5 Å². The number of aromatic hydroxyl groups is 1. The molecule has 1 N–H and O–H groups in total. The number of nitro benzene ring substituents is 1. The Morgan fingerprint density at radius 1 is 1.26 bits per heavy atom. The van der Waals surface area contributed by atoms with Crippen molar-refractivity contribution in [3.05, 3.63) is 63.7 Å². The predicted octanol–water partition coefficient (Wildman–Crippen LogP) is 3.36. The van der Waals surface area contributed by atoms with E-state index in [2.05, 4.69) is 4.99 Å². The van der Waals surface area contributed by atoms with Gasteiger partial charge in [0.2, 0.25) is 0 Å². The van der Waals surface area contributed by atoms with E-state index in [0.29, 0.717) is 5.56 Å². The molecule has 0 aromatic heterocycles. The number of hydrogen-bond donors (Lipinski definition) is 1. The van der Waals surface area contributed by atoms with Crippen LogP contribution < -0.4 is 0 Å². The summed E-state index contributed by atoms with van der Waals surface area (Å²) >= 11 is 0. The van der Waals surface area contributed by atoms with Gasteiger partial charge in [0.05, 0.1) is 10.6 Å². The van der Waals surface area contributed by atoms with Crippen molar-refractivity contribution < 1.29 is 10.0 Å². The fraction of sp³-hybridized carbons (Fsp3) is 0.0714. The number of non-ortho nitro benzene ring substituents is 1. The molecule has 2 rings (SSSR count). The smallest absolute Gasteiger partial charge is 0.270 e. The van der Waals surface area contributed by atoms with Crippen LogP contribution in [0.2, 0.25) is 0 Å². The lowest BCUT2D eigenvalue weighted by Crippen LogP contribution is -1.90. The summed E-state index contributed by atoms with van der Waals surface area (Å²) in [4.78, 5) is 14.4. The van der Waals surface area contributed by atoms with Gasteiger partial charge in [-0.05, 0) is 24.6 Å². The number of benzene rings is 2. The topological polar surface area (TPSA) is 75.7 Å². The predicted molar refractivity (Wildman–Crippen MR) is 73.2 cm³/mol. The zero-order valence-electron chi connectivity index (χ0n) is 10.3. The van der Waals surface area contributed by atoms with Gasteiger partial charge in [0.15, 0.2) is 0 Å². The maximum absolute atomic E-state index is 10.7. The highest BCUT2D eigenvalue weighted by Crippen LogP contribution is 2.23. The van der Waals surface area contributed by atoms with Crippen LogP contribution >= 0.6 is 0 Å². The molecule has 0 spiro atoms. The van der Waals surface area contributed by atoms with E-state index >= 15 is 0 Å². The standard InChI is InChI=1S/C14H12N2O3/c1-10-4-2-3-5-13(10)15-9-11-8-12(16(18)19)6-7-14(11)17/h2-9,17H,1H3. The van der Waals surface area contributed by atoms with Gasteiger partial charge in [-0.1, -0.05) is 18.2 Å². The van der Waals surface area contributed by atoms with Crippen LogP contribution in [0.3, 0.4) is 0 Å². The van der Waals surface area contributed by atoms with Gasteiger partial charge in [0.25, 0.3) is 5.69 Å². The Kier molecular flexibility index (Phi) is 3.56. The zero-order chi connectivity index (χ0) is 13.8. The molecular formula is C14H12N2O3. The summed E-state index contributed by atoms with van der Waals surface area (Å²) in [5, 5.41) is 20.3. The Labute approximate surface area is 110 Å². The molecule has 0 atom stereocenters. The van der Waals surface area contributed by atoms with E-state index in [4.69, 9.17) is 0 Å². The average Bonchev–Trinajstić information content (AvgIpc) is 2.39. The number of phenols is 1. The number of rotatable bonds is 3. The van der Waals surface area contributed by atoms with Gasteiger partial charge in [-0.2, -0.15) is 0 Å². The van der Waals surface area contributed by atoms with Crippen molar-refractivity contribution in [2.45, 2.75) is 6.92 Å². The molecule has 0 aliphatic rings. The Morgan fingerprint density at radius 2 is 2.00 bits per heavy atom. The molecule has 2 aromatic rings. The second kappa shape index (κ2) is 5.30. The number of nitro groups is 1. The molecule has 0 bridgehead atoms. The molecule has 0 unspecified atom stereocenters. The Morgan fingerprint density at radius 3 is 2.68 bits per heavy atom. The van der Waals surface area contributed by atoms with Crippen LogP contribution in [0, 0.1) is 17.0 Å². The summed E-state index contributed by atoms with van der Waals surface area (Å²) in [6.07, 6.45) is 1.42. The van der Waals surface area contributed by atoms with Crippen molar-refractivity contribution >= 4 is 17.6 Å². The van der Waals surface area contributed by atoms with Gasteiger partial charge in [-0.3, -0.25) is 15.1 Å². The van der Waals surface area contributed by atoms with Crippen LogP contribution in [0.1, 0.15) is 11.1 Å². The largest absolute Gasteiger partial charge is 0.507 e. The minimum atomic E-state index is -0.509. The summed E-state index contributed by atoms with van der Waals surface area (Å²) in [5.74, 6) is -0.0389. The number of aryl methyl sites for hydroxylation is 1. The summed E-state index contributed by atoms with van der Waals surface area (Å²) in [7, 11) is 0. The molecule has 0 saturated heterocycles. The quantitative estimate of drug-likeness (QED) is 0.519. The van der Waals surface area contributed by atoms with Crippen molar-refractivity contribution in [1.29, 1.82) is 0 Å². The number of hydrogen-bond acceptors (Lipinski definition) is 4. The second-order valence-electron chi connectivity index (χ2n) is 4.04. The van der Waals surface area contributed by atoms with Crippen LogP contribution in [0.25, 0.3) is 0 Å². The second-order valence-corrected chi connectivity index (χ2v) is 4.04. The maximum atomic E-state index is 10.7. The van der Waals surface area contributed by atoms with E-state index in [1.807, 2.05) is 31.2 Å². The van der Waals surface area contributed by atoms with Gasteiger partial charge >= 0.3 is 0 Å². The lowest BCUT2D eigenvalue weighted by molar-refractivity contribution is -0.384. The van der Waals surface area contributed by atoms with E-state index in [9.17, 15) is 15.2 Å². The third-order valence-electron chi connectivity index (χ3n) is 2.68. The summed E-state index contributed by atoms with van der Waals surface area (Å²) in [6.45, 7) is 1.92. The third-order valence-corrected chi connectivity index (χ3v) is 2.68. The highest BCUT2D eigenvalue weighted by atomic mass is 16.6. The lowest BCUT2D eigenvalue weighted by atomic mass is 10.2. The SMILES string of the molecule is Cc1ccccc1N=Cc1cc([N+](=O)[O-])ccc1O. The molecule has 0 aliphatic heterocycles. The summed E-state index contributed by atoms with van der Waals surface area (Å²) in [5.41, 5.74) is 1.98. The molecule has 5 heteroatoms. The monoisotopic (exact) mass is 256 g/mol. The molecule has 5 nitrogen and oxygen atoms in total. The van der Waals surface area contributed by atoms with Crippen LogP contribution in [0.4, 0.5) is 11.4 Å². The lowest BCUT2D eigenvalue weighted by Gasteiger charge is -2.00. The van der Waals surface area contributed by atoms with E-state index in [0.717, 1.165) is 11.3 Å². The third kappa shape index (κ3) is 2.95. The molecule has 0 fully saturated rings. The first kappa shape index (κ1) is 12.8. The van der Waals surface area contributed by atoms with E-state index < -0.39 is 4.92 Å². The van der Waals surface area contributed by atoms with Crippen molar-refractivity contribution in [2.24, 2.45) is 4.99 Å². The first-order chi connectivity index (χ1) is 9.08. The Hall–Kier alpha value is -2.69. The number of para-hydroxylation sites is 1. The number of nitrogens with zero attached hydrogens (tertiary/aromatic N) is 2. The molecule has 19 heavy (non-hydrogen) atoms. The maximum Gasteiger partial charge on any atom is 0.270 e. The average molecular weight is 256 g/mol. The molecule has 0 amide bonds. The van der Waals surface area contributed by atoms with E-state index in [1.165, 1.54) is 24.4 Å². The van der Waals surface area contributed by atoms with E-state index in [-0.39, 0.29) is 11.4 Å². The molecule has 0 radical (unpaired) electrons. The van der Waals surface area contributed by atoms with E-state index in [1.54, 1.807) is 0 Å². The fourth-order valence-electron chi connectivity index (χ4n) is 1.61. The first-order valence-corrected chi connectivity index (χ1v) is 5.65. The van der Waals surface area contributed by atoms with Crippen molar-refractivity contribution in [1.82, 2.24) is 0 Å². The first-order valence-electron chi connectivity index (χ1n) is 5.65. The number of phenolic OH excluding ortho intramolecular Hbond substituents is 1. The van der Waals surface area contributed by atoms with Crippen LogP contribution in [-0.4, -0.2) is 16.2 Å². The van der Waals surface area contributed by atoms with Crippen molar-refractivity contribution in [3.63, 3.8) is 0 Å². The minimum Gasteiger partial charge on any atom is -0.507 e. The summed E-state index contributed by atoms with van der Waals surface area (Å²) in [6, 6.07) is 11.3. The summed E-state index contributed by atoms with van der Waals surface area (Å²) < 4.78 is 0. The van der Waals surface area contributed by atoms with Gasteiger partial charge in [-0.25, -0.2) is 0 Å². The molecule has 0 saturated carbocycles. The highest BCUT2D eigenvalue weighted by molar-refractivity contribution is 5.86.